The Hall–Kier alpha value is -1.25. The molecular formula is C13H21N5OS2. The number of hydrogen-bond donors (Lipinski definition) is 1. The van der Waals surface area contributed by atoms with E-state index in [2.05, 4.69) is 14.8 Å². The molecule has 0 radical (unpaired) electrons. The van der Waals surface area contributed by atoms with Crippen molar-refractivity contribution in [1.29, 1.82) is 0 Å². The number of nitrogens with zero attached hydrogens (tertiary/aromatic N) is 4. The van der Waals surface area contributed by atoms with Crippen LogP contribution < -0.4 is 10.6 Å². The lowest BCUT2D eigenvalue weighted by atomic mass is 10.3. The third-order valence-electron chi connectivity index (χ3n) is 3.54. The number of thiazole rings is 1. The lowest BCUT2D eigenvalue weighted by Crippen LogP contribution is -2.49. The van der Waals surface area contributed by atoms with Crippen molar-refractivity contribution in [1.82, 2.24) is 14.8 Å². The minimum atomic E-state index is 0.119. The number of carbonyl (C=O) groups excluding carboxylic acids is 1. The Labute approximate surface area is 134 Å². The largest absolute Gasteiger partial charge is 0.393 e. The molecule has 2 rings (SSSR count). The molecule has 1 fully saturated rings. The van der Waals surface area contributed by atoms with Crippen molar-refractivity contribution in [2.45, 2.75) is 6.42 Å². The van der Waals surface area contributed by atoms with E-state index in [1.165, 1.54) is 0 Å². The fourth-order valence-corrected chi connectivity index (χ4v) is 2.97. The van der Waals surface area contributed by atoms with Crippen molar-refractivity contribution in [3.8, 4) is 0 Å². The highest BCUT2D eigenvalue weighted by atomic mass is 32.1. The van der Waals surface area contributed by atoms with Crippen molar-refractivity contribution >= 4 is 39.6 Å². The summed E-state index contributed by atoms with van der Waals surface area (Å²) in [5.74, 6) is 0.119. The number of nitrogens with two attached hydrogens (primary N) is 1. The first-order chi connectivity index (χ1) is 10.1. The average Bonchev–Trinajstić information content (AvgIpc) is 2.99. The highest BCUT2D eigenvalue weighted by Crippen LogP contribution is 2.18. The molecule has 6 nitrogen and oxygen atoms in total. The van der Waals surface area contributed by atoms with E-state index in [4.69, 9.17) is 18.0 Å². The summed E-state index contributed by atoms with van der Waals surface area (Å²) in [6, 6.07) is 0. The molecule has 0 aliphatic carbocycles. The van der Waals surface area contributed by atoms with E-state index in [1.54, 1.807) is 23.3 Å². The number of amides is 1. The lowest BCUT2D eigenvalue weighted by Gasteiger charge is -2.34. The van der Waals surface area contributed by atoms with E-state index in [1.807, 2.05) is 11.6 Å². The van der Waals surface area contributed by atoms with Gasteiger partial charge in [0.15, 0.2) is 5.13 Å². The van der Waals surface area contributed by atoms with Crippen molar-refractivity contribution in [2.24, 2.45) is 5.73 Å². The first-order valence-electron chi connectivity index (χ1n) is 6.95. The molecule has 21 heavy (non-hydrogen) atoms. The first kappa shape index (κ1) is 16.1. The van der Waals surface area contributed by atoms with Gasteiger partial charge in [-0.3, -0.25) is 9.69 Å². The van der Waals surface area contributed by atoms with E-state index in [-0.39, 0.29) is 5.91 Å². The molecule has 0 unspecified atom stereocenters. The van der Waals surface area contributed by atoms with Gasteiger partial charge in [-0.05, 0) is 0 Å². The van der Waals surface area contributed by atoms with Crippen LogP contribution in [-0.2, 0) is 4.79 Å². The third kappa shape index (κ3) is 4.90. The minimum absolute atomic E-state index is 0.119. The van der Waals surface area contributed by atoms with Crippen molar-refractivity contribution in [2.75, 3.05) is 51.2 Å². The summed E-state index contributed by atoms with van der Waals surface area (Å²) in [6.07, 6.45) is 2.40. The van der Waals surface area contributed by atoms with Crippen molar-refractivity contribution in [3.05, 3.63) is 11.6 Å². The number of thiocarbonyl (C=S) groups is 1. The van der Waals surface area contributed by atoms with E-state index < -0.39 is 0 Å². The van der Waals surface area contributed by atoms with Crippen LogP contribution in [0.25, 0.3) is 0 Å². The first-order valence-corrected chi connectivity index (χ1v) is 8.24. The number of likely N-dealkylation sites (N-methyl/N-ethyl adjacent to an activating group) is 1. The molecular weight excluding hydrogens is 306 g/mol. The molecule has 2 heterocycles. The molecule has 2 N–H and O–H groups in total. The number of carbonyl (C=O) groups is 1. The second kappa shape index (κ2) is 7.67. The zero-order valence-corrected chi connectivity index (χ0v) is 13.8. The normalized spacial score (nSPS) is 16.0. The molecule has 1 amide bonds. The van der Waals surface area contributed by atoms with Gasteiger partial charge in [-0.25, -0.2) is 4.98 Å². The predicted molar refractivity (Wildman–Crippen MR) is 89.8 cm³/mol. The Kier molecular flexibility index (Phi) is 5.89. The molecule has 1 aliphatic heterocycles. The maximum atomic E-state index is 12.1. The van der Waals surface area contributed by atoms with Gasteiger partial charge in [0.05, 0.1) is 11.5 Å². The predicted octanol–water partition coefficient (Wildman–Crippen LogP) is 0.400. The van der Waals surface area contributed by atoms with Crippen LogP contribution in [0.15, 0.2) is 11.6 Å². The summed E-state index contributed by atoms with van der Waals surface area (Å²) in [5.41, 5.74) is 5.46. The number of rotatable bonds is 6. The van der Waals surface area contributed by atoms with Gasteiger partial charge < -0.3 is 15.5 Å². The molecule has 0 aromatic carbocycles. The summed E-state index contributed by atoms with van der Waals surface area (Å²) in [4.78, 5) is 23.0. The second-order valence-electron chi connectivity index (χ2n) is 5.11. The molecule has 1 aliphatic rings. The van der Waals surface area contributed by atoms with Gasteiger partial charge in [0, 0.05) is 57.8 Å². The third-order valence-corrected chi connectivity index (χ3v) is 4.58. The molecule has 1 aromatic heterocycles. The van der Waals surface area contributed by atoms with Crippen molar-refractivity contribution < 1.29 is 4.79 Å². The smallest absolute Gasteiger partial charge is 0.236 e. The average molecular weight is 327 g/mol. The molecule has 0 spiro atoms. The Morgan fingerprint density at radius 1 is 1.48 bits per heavy atom. The number of piperazine rings is 1. The van der Waals surface area contributed by atoms with E-state index in [9.17, 15) is 4.79 Å². The molecule has 0 atom stereocenters. The van der Waals surface area contributed by atoms with Gasteiger partial charge in [-0.15, -0.1) is 11.3 Å². The SMILES string of the molecule is CN(CCC(N)=S)C(=O)CN1CCN(c2nccs2)CC1. The van der Waals surface area contributed by atoms with Crippen LogP contribution in [-0.4, -0.2) is 72.0 Å². The fraction of sp³-hybridized carbons (Fsp3) is 0.615. The van der Waals surface area contributed by atoms with Crippen LogP contribution in [0.2, 0.25) is 0 Å². The van der Waals surface area contributed by atoms with Gasteiger partial charge in [0.25, 0.3) is 0 Å². The summed E-state index contributed by atoms with van der Waals surface area (Å²) in [6.45, 7) is 4.64. The molecule has 0 bridgehead atoms. The minimum Gasteiger partial charge on any atom is -0.393 e. The van der Waals surface area contributed by atoms with Gasteiger partial charge in [0.2, 0.25) is 5.91 Å². The van der Waals surface area contributed by atoms with E-state index >= 15 is 0 Å². The monoisotopic (exact) mass is 327 g/mol. The molecule has 8 heteroatoms. The van der Waals surface area contributed by atoms with E-state index in [0.29, 0.717) is 24.5 Å². The topological polar surface area (TPSA) is 65.7 Å². The Balaban J connectivity index is 1.72. The summed E-state index contributed by atoms with van der Waals surface area (Å²) < 4.78 is 0. The Morgan fingerprint density at radius 2 is 2.19 bits per heavy atom. The zero-order chi connectivity index (χ0) is 15.2. The summed E-state index contributed by atoms with van der Waals surface area (Å²) in [7, 11) is 1.80. The zero-order valence-electron chi connectivity index (χ0n) is 12.2. The van der Waals surface area contributed by atoms with Gasteiger partial charge in [-0.1, -0.05) is 12.2 Å². The van der Waals surface area contributed by atoms with Crippen LogP contribution in [0, 0.1) is 0 Å². The highest BCUT2D eigenvalue weighted by molar-refractivity contribution is 7.80. The number of aromatic nitrogens is 1. The van der Waals surface area contributed by atoms with Crippen molar-refractivity contribution in [3.63, 3.8) is 0 Å². The number of anilines is 1. The van der Waals surface area contributed by atoms with Crippen LogP contribution in [0.4, 0.5) is 5.13 Å². The second-order valence-corrected chi connectivity index (χ2v) is 6.51. The van der Waals surface area contributed by atoms with Gasteiger partial charge in [-0.2, -0.15) is 0 Å². The summed E-state index contributed by atoms with van der Waals surface area (Å²) >= 11 is 6.49. The fourth-order valence-electron chi connectivity index (χ4n) is 2.18. The Morgan fingerprint density at radius 3 is 2.76 bits per heavy atom. The Bertz CT molecular complexity index is 471. The van der Waals surface area contributed by atoms with E-state index in [0.717, 1.165) is 31.3 Å². The highest BCUT2D eigenvalue weighted by Gasteiger charge is 2.21. The number of hydrogen-bond acceptors (Lipinski definition) is 6. The van der Waals surface area contributed by atoms with Crippen LogP contribution in [0.5, 0.6) is 0 Å². The quantitative estimate of drug-likeness (QED) is 0.763. The maximum absolute atomic E-state index is 12.1. The van der Waals surface area contributed by atoms with Gasteiger partial charge in [0.1, 0.15) is 0 Å². The molecule has 1 saturated heterocycles. The molecule has 1 aromatic rings. The maximum Gasteiger partial charge on any atom is 0.236 e. The summed E-state index contributed by atoms with van der Waals surface area (Å²) in [5, 5.41) is 3.05. The van der Waals surface area contributed by atoms with Crippen LogP contribution in [0.3, 0.4) is 0 Å². The molecule has 116 valence electrons. The molecule has 0 saturated carbocycles. The van der Waals surface area contributed by atoms with Crippen LogP contribution in [0.1, 0.15) is 6.42 Å². The lowest BCUT2D eigenvalue weighted by molar-refractivity contribution is -0.131. The van der Waals surface area contributed by atoms with Gasteiger partial charge >= 0.3 is 0 Å². The standard InChI is InChI=1S/C13H21N5OS2/c1-16(4-2-11(14)20)12(19)10-17-5-7-18(8-6-17)13-15-3-9-21-13/h3,9H,2,4-8,10H2,1H3,(H2,14,20). The van der Waals surface area contributed by atoms with Crippen LogP contribution >= 0.6 is 23.6 Å².